The summed E-state index contributed by atoms with van der Waals surface area (Å²) >= 11 is 0. The van der Waals surface area contributed by atoms with Crippen LogP contribution < -0.4 is 4.90 Å². The van der Waals surface area contributed by atoms with E-state index in [9.17, 15) is 9.90 Å². The van der Waals surface area contributed by atoms with Crippen molar-refractivity contribution in [1.82, 2.24) is 10.2 Å². The zero-order chi connectivity index (χ0) is 15.6. The fraction of sp³-hybridized carbons (Fsp3) is 0.688. The lowest BCUT2D eigenvalue weighted by Crippen LogP contribution is -2.42. The van der Waals surface area contributed by atoms with Crippen molar-refractivity contribution in [3.63, 3.8) is 0 Å². The maximum atomic E-state index is 11.8. The summed E-state index contributed by atoms with van der Waals surface area (Å²) in [6, 6.07) is 0.311. The van der Waals surface area contributed by atoms with Crippen LogP contribution in [0.1, 0.15) is 62.2 Å². The van der Waals surface area contributed by atoms with Crippen LogP contribution in [0.5, 0.6) is 0 Å². The third-order valence-corrected chi connectivity index (χ3v) is 4.43. The Hall–Kier alpha value is -1.65. The van der Waals surface area contributed by atoms with Gasteiger partial charge in [0.15, 0.2) is 5.82 Å². The highest BCUT2D eigenvalue weighted by atomic mass is 16.4. The van der Waals surface area contributed by atoms with E-state index < -0.39 is 5.97 Å². The van der Waals surface area contributed by atoms with Crippen LogP contribution in [0.2, 0.25) is 0 Å². The van der Waals surface area contributed by atoms with E-state index in [0.29, 0.717) is 36.2 Å². The highest BCUT2D eigenvalue weighted by Crippen LogP contribution is 2.30. The van der Waals surface area contributed by atoms with Gasteiger partial charge in [-0.1, -0.05) is 20.8 Å². The van der Waals surface area contributed by atoms with Crippen LogP contribution in [-0.2, 0) is 12.8 Å². The first kappa shape index (κ1) is 15.7. The second kappa shape index (κ2) is 6.41. The molecule has 0 bridgehead atoms. The summed E-state index contributed by atoms with van der Waals surface area (Å²) in [4.78, 5) is 13.9. The Balaban J connectivity index is 2.54. The quantitative estimate of drug-likeness (QED) is 0.924. The second-order valence-corrected chi connectivity index (χ2v) is 6.02. The Labute approximate surface area is 126 Å². The largest absolute Gasteiger partial charge is 0.478 e. The maximum absolute atomic E-state index is 11.8. The Morgan fingerprint density at radius 3 is 2.52 bits per heavy atom. The first-order valence-corrected chi connectivity index (χ1v) is 7.87. The lowest BCUT2D eigenvalue weighted by atomic mass is 9.94. The van der Waals surface area contributed by atoms with Crippen molar-refractivity contribution < 1.29 is 9.90 Å². The average molecular weight is 291 g/mol. The highest BCUT2D eigenvalue weighted by Gasteiger charge is 2.30. The molecule has 5 nitrogen and oxygen atoms in total. The van der Waals surface area contributed by atoms with Gasteiger partial charge in [0.2, 0.25) is 0 Å². The molecule has 2 rings (SSSR count). The number of aromatic nitrogens is 2. The molecule has 1 N–H and O–H groups in total. The Morgan fingerprint density at radius 2 is 1.95 bits per heavy atom. The molecule has 116 valence electrons. The van der Waals surface area contributed by atoms with Gasteiger partial charge in [-0.05, 0) is 44.1 Å². The van der Waals surface area contributed by atoms with Crippen LogP contribution in [0, 0.1) is 5.92 Å². The van der Waals surface area contributed by atoms with E-state index in [1.165, 1.54) is 6.42 Å². The summed E-state index contributed by atoms with van der Waals surface area (Å²) in [5, 5.41) is 18.3. The second-order valence-electron chi connectivity index (χ2n) is 6.02. The van der Waals surface area contributed by atoms with Crippen molar-refractivity contribution in [2.75, 3.05) is 11.4 Å². The Bertz CT molecular complexity index is 530. The van der Waals surface area contributed by atoms with Crippen molar-refractivity contribution in [3.05, 3.63) is 16.8 Å². The fourth-order valence-electron chi connectivity index (χ4n) is 3.17. The van der Waals surface area contributed by atoms with Crippen molar-refractivity contribution in [1.29, 1.82) is 0 Å². The van der Waals surface area contributed by atoms with Crippen LogP contribution in [0.25, 0.3) is 0 Å². The number of aryl methyl sites for hydroxylation is 1. The summed E-state index contributed by atoms with van der Waals surface area (Å²) in [5.41, 5.74) is 1.99. The summed E-state index contributed by atoms with van der Waals surface area (Å²) in [5.74, 6) is 0.216. The number of carboxylic acid groups (broad SMARTS) is 1. The summed E-state index contributed by atoms with van der Waals surface area (Å²) in [6.07, 6.45) is 3.63. The van der Waals surface area contributed by atoms with Gasteiger partial charge < -0.3 is 10.0 Å². The molecule has 1 aliphatic rings. The summed E-state index contributed by atoms with van der Waals surface area (Å²) in [6.45, 7) is 9.16. The van der Waals surface area contributed by atoms with Crippen molar-refractivity contribution >= 4 is 11.8 Å². The van der Waals surface area contributed by atoms with Gasteiger partial charge in [0, 0.05) is 12.6 Å². The number of piperidine rings is 1. The molecule has 1 aromatic rings. The topological polar surface area (TPSA) is 66.3 Å². The van der Waals surface area contributed by atoms with Gasteiger partial charge in [-0.2, -0.15) is 5.10 Å². The first-order valence-electron chi connectivity index (χ1n) is 7.87. The van der Waals surface area contributed by atoms with E-state index in [0.717, 1.165) is 24.2 Å². The zero-order valence-electron chi connectivity index (χ0n) is 13.4. The molecule has 1 aromatic heterocycles. The minimum atomic E-state index is -0.892. The molecule has 0 spiro atoms. The van der Waals surface area contributed by atoms with E-state index >= 15 is 0 Å². The maximum Gasteiger partial charge on any atom is 0.339 e. The summed E-state index contributed by atoms with van der Waals surface area (Å²) < 4.78 is 0. The molecule has 0 amide bonds. The van der Waals surface area contributed by atoms with Crippen LogP contribution in [0.4, 0.5) is 5.82 Å². The van der Waals surface area contributed by atoms with Gasteiger partial charge in [0.1, 0.15) is 5.56 Å². The van der Waals surface area contributed by atoms with E-state index in [2.05, 4.69) is 28.9 Å². The van der Waals surface area contributed by atoms with Gasteiger partial charge in [0.25, 0.3) is 0 Å². The molecule has 5 heteroatoms. The molecule has 1 fully saturated rings. The SMILES string of the molecule is CCc1nnc(N2CC(C)CCC2C)c(C(=O)O)c1CC. The van der Waals surface area contributed by atoms with E-state index in [-0.39, 0.29) is 0 Å². The lowest BCUT2D eigenvalue weighted by Gasteiger charge is -2.38. The van der Waals surface area contributed by atoms with Crippen LogP contribution >= 0.6 is 0 Å². The molecule has 2 heterocycles. The number of carbonyl (C=O) groups is 1. The van der Waals surface area contributed by atoms with Crippen molar-refractivity contribution in [2.45, 2.75) is 59.4 Å². The Kier molecular flexibility index (Phi) is 4.80. The average Bonchev–Trinajstić information content (AvgIpc) is 2.47. The normalized spacial score (nSPS) is 22.4. The number of aromatic carboxylic acids is 1. The van der Waals surface area contributed by atoms with Gasteiger partial charge in [-0.3, -0.25) is 0 Å². The van der Waals surface area contributed by atoms with Gasteiger partial charge in [-0.25, -0.2) is 4.79 Å². The molecule has 0 saturated carbocycles. The third-order valence-electron chi connectivity index (χ3n) is 4.43. The molecular formula is C16H25N3O2. The van der Waals surface area contributed by atoms with Crippen molar-refractivity contribution in [2.24, 2.45) is 5.92 Å². The molecule has 2 unspecified atom stereocenters. The molecule has 21 heavy (non-hydrogen) atoms. The van der Waals surface area contributed by atoms with E-state index in [4.69, 9.17) is 0 Å². The molecule has 1 aliphatic heterocycles. The number of hydrogen-bond acceptors (Lipinski definition) is 4. The van der Waals surface area contributed by atoms with Crippen molar-refractivity contribution in [3.8, 4) is 0 Å². The van der Waals surface area contributed by atoms with Crippen LogP contribution in [0.3, 0.4) is 0 Å². The molecular weight excluding hydrogens is 266 g/mol. The van der Waals surface area contributed by atoms with Crippen LogP contribution in [-0.4, -0.2) is 33.9 Å². The zero-order valence-corrected chi connectivity index (χ0v) is 13.4. The Morgan fingerprint density at radius 1 is 1.24 bits per heavy atom. The standard InChI is InChI=1S/C16H25N3O2/c1-5-12-13(6-2)17-18-15(14(12)16(20)21)19-9-10(3)7-8-11(19)4/h10-11H,5-9H2,1-4H3,(H,20,21). The molecule has 2 atom stereocenters. The predicted molar refractivity (Wildman–Crippen MR) is 83.0 cm³/mol. The fourth-order valence-corrected chi connectivity index (χ4v) is 3.17. The number of nitrogens with zero attached hydrogens (tertiary/aromatic N) is 3. The van der Waals surface area contributed by atoms with Gasteiger partial charge >= 0.3 is 5.97 Å². The molecule has 1 saturated heterocycles. The molecule has 0 aliphatic carbocycles. The highest BCUT2D eigenvalue weighted by molar-refractivity contribution is 5.95. The van der Waals surface area contributed by atoms with Gasteiger partial charge in [-0.15, -0.1) is 5.10 Å². The molecule has 0 radical (unpaired) electrons. The number of anilines is 1. The van der Waals surface area contributed by atoms with Crippen LogP contribution in [0.15, 0.2) is 0 Å². The number of carboxylic acids is 1. The number of hydrogen-bond donors (Lipinski definition) is 1. The first-order chi connectivity index (χ1) is 9.99. The van der Waals surface area contributed by atoms with E-state index in [1.54, 1.807) is 0 Å². The minimum Gasteiger partial charge on any atom is -0.478 e. The molecule has 0 aromatic carbocycles. The lowest BCUT2D eigenvalue weighted by molar-refractivity contribution is 0.0695. The summed E-state index contributed by atoms with van der Waals surface area (Å²) in [7, 11) is 0. The monoisotopic (exact) mass is 291 g/mol. The smallest absolute Gasteiger partial charge is 0.339 e. The predicted octanol–water partition coefficient (Wildman–Crippen LogP) is 2.92. The number of rotatable bonds is 4. The minimum absolute atomic E-state index is 0.311. The van der Waals surface area contributed by atoms with Gasteiger partial charge in [0.05, 0.1) is 5.69 Å². The van der Waals surface area contributed by atoms with E-state index in [1.807, 2.05) is 13.8 Å². The third kappa shape index (κ3) is 3.01.